The molecule has 1 heterocycles. The van der Waals surface area contributed by atoms with E-state index >= 15 is 0 Å². The first-order valence-electron chi connectivity index (χ1n) is 17.1. The summed E-state index contributed by atoms with van der Waals surface area (Å²) in [5.41, 5.74) is 6.12. The van der Waals surface area contributed by atoms with E-state index in [9.17, 15) is 9.59 Å². The summed E-state index contributed by atoms with van der Waals surface area (Å²) in [5.74, 6) is 1.48. The predicted octanol–water partition coefficient (Wildman–Crippen LogP) is 7.91. The van der Waals surface area contributed by atoms with Gasteiger partial charge in [-0.15, -0.1) is 0 Å². The van der Waals surface area contributed by atoms with Crippen molar-refractivity contribution in [2.45, 2.75) is 136 Å². The van der Waals surface area contributed by atoms with Crippen LogP contribution in [0.1, 0.15) is 137 Å². The maximum Gasteiger partial charge on any atom is 0.311 e. The van der Waals surface area contributed by atoms with Crippen LogP contribution < -0.4 is 5.32 Å². The summed E-state index contributed by atoms with van der Waals surface area (Å²) in [6, 6.07) is 7.25. The van der Waals surface area contributed by atoms with Crippen molar-refractivity contribution in [3.05, 3.63) is 52.0 Å². The van der Waals surface area contributed by atoms with E-state index in [2.05, 4.69) is 30.4 Å². The molecule has 0 unspecified atom stereocenters. The molecule has 44 heavy (non-hydrogen) atoms. The van der Waals surface area contributed by atoms with E-state index in [0.29, 0.717) is 24.4 Å². The fraction of sp³-hybridized carbons (Fsp3) is 0.676. The Labute approximate surface area is 264 Å². The van der Waals surface area contributed by atoms with Crippen molar-refractivity contribution in [3.8, 4) is 0 Å². The van der Waals surface area contributed by atoms with Crippen molar-refractivity contribution in [3.63, 3.8) is 0 Å². The number of ether oxygens (including phenoxy) is 2. The molecule has 0 radical (unpaired) electrons. The number of anilines is 1. The van der Waals surface area contributed by atoms with Gasteiger partial charge in [0.25, 0.3) is 0 Å². The monoisotopic (exact) mass is 603 g/mol. The van der Waals surface area contributed by atoms with Crippen molar-refractivity contribution >= 4 is 17.8 Å². The van der Waals surface area contributed by atoms with Gasteiger partial charge in [0.1, 0.15) is 17.2 Å². The second-order valence-electron chi connectivity index (χ2n) is 14.6. The summed E-state index contributed by atoms with van der Waals surface area (Å²) in [4.78, 5) is 35.6. The average molecular weight is 604 g/mol. The number of hydrogen-bond donors (Lipinski definition) is 1. The second-order valence-corrected chi connectivity index (χ2v) is 14.6. The summed E-state index contributed by atoms with van der Waals surface area (Å²) in [7, 11) is 0. The fourth-order valence-corrected chi connectivity index (χ4v) is 7.42. The van der Waals surface area contributed by atoms with Gasteiger partial charge in [-0.2, -0.15) is 0 Å². The van der Waals surface area contributed by atoms with Crippen molar-refractivity contribution < 1.29 is 19.1 Å². The van der Waals surface area contributed by atoms with Crippen molar-refractivity contribution in [1.29, 1.82) is 0 Å². The smallest absolute Gasteiger partial charge is 0.311 e. The number of aryl methyl sites for hydroxylation is 3. The Morgan fingerprint density at radius 2 is 1.59 bits per heavy atom. The van der Waals surface area contributed by atoms with Crippen LogP contribution in [0.4, 0.5) is 5.82 Å². The van der Waals surface area contributed by atoms with Crippen LogP contribution in [0.5, 0.6) is 0 Å². The number of rotatable bonds is 10. The van der Waals surface area contributed by atoms with Crippen LogP contribution in [0, 0.1) is 25.7 Å². The Hall–Kier alpha value is -2.96. The highest BCUT2D eigenvalue weighted by Crippen LogP contribution is 2.42. The van der Waals surface area contributed by atoms with Crippen LogP contribution in [0.25, 0.3) is 0 Å². The number of nitrogens with one attached hydrogen (secondary N) is 1. The van der Waals surface area contributed by atoms with Crippen molar-refractivity contribution in [1.82, 2.24) is 9.97 Å². The SMILES string of the molecule is Cc1nc(NC[C@H](CC(=O)OCC2CCCC2)C(=O)OC(C)(C)C)c(C)c(C2CCC(c3ccc4c(c3)CCCC4)CC2)n1. The Balaban J connectivity index is 1.22. The molecule has 1 N–H and O–H groups in total. The van der Waals surface area contributed by atoms with Gasteiger partial charge in [-0.05, 0) is 127 Å². The molecular weight excluding hydrogens is 550 g/mol. The number of carbonyl (C=O) groups excluding carboxylic acids is 2. The zero-order valence-electron chi connectivity index (χ0n) is 27.7. The molecule has 1 aromatic heterocycles. The highest BCUT2D eigenvalue weighted by atomic mass is 16.6. The summed E-state index contributed by atoms with van der Waals surface area (Å²) >= 11 is 0. The summed E-state index contributed by atoms with van der Waals surface area (Å²) in [6.45, 7) is 10.2. The molecule has 3 aliphatic rings. The lowest BCUT2D eigenvalue weighted by Gasteiger charge is -2.30. The van der Waals surface area contributed by atoms with E-state index < -0.39 is 17.5 Å². The molecule has 2 saturated carbocycles. The lowest BCUT2D eigenvalue weighted by atomic mass is 9.76. The first kappa shape index (κ1) is 32.4. The van der Waals surface area contributed by atoms with E-state index in [1.165, 1.54) is 56.9 Å². The normalized spacial score (nSPS) is 21.4. The highest BCUT2D eigenvalue weighted by Gasteiger charge is 2.30. The first-order valence-corrected chi connectivity index (χ1v) is 17.1. The molecule has 2 fully saturated rings. The lowest BCUT2D eigenvalue weighted by Crippen LogP contribution is -2.34. The Bertz CT molecular complexity index is 1300. The van der Waals surface area contributed by atoms with Gasteiger partial charge in [0.05, 0.1) is 24.6 Å². The average Bonchev–Trinajstić information content (AvgIpc) is 3.52. The maximum atomic E-state index is 13.2. The quantitative estimate of drug-likeness (QED) is 0.276. The molecule has 240 valence electrons. The highest BCUT2D eigenvalue weighted by molar-refractivity contribution is 5.80. The molecule has 0 spiro atoms. The zero-order chi connectivity index (χ0) is 31.3. The number of carbonyl (C=O) groups is 2. The lowest BCUT2D eigenvalue weighted by molar-refractivity contribution is -0.163. The maximum absolute atomic E-state index is 13.2. The minimum Gasteiger partial charge on any atom is -0.465 e. The number of fused-ring (bicyclic) bond motifs is 1. The molecule has 1 aromatic carbocycles. The number of esters is 2. The van der Waals surface area contributed by atoms with Gasteiger partial charge in [-0.1, -0.05) is 31.0 Å². The molecule has 3 aliphatic carbocycles. The van der Waals surface area contributed by atoms with Crippen LogP contribution in [0.2, 0.25) is 0 Å². The largest absolute Gasteiger partial charge is 0.465 e. The number of aromatic nitrogens is 2. The van der Waals surface area contributed by atoms with Crippen LogP contribution >= 0.6 is 0 Å². The van der Waals surface area contributed by atoms with E-state index in [-0.39, 0.29) is 18.9 Å². The topological polar surface area (TPSA) is 90.4 Å². The Morgan fingerprint density at radius 1 is 0.909 bits per heavy atom. The Morgan fingerprint density at radius 3 is 2.30 bits per heavy atom. The summed E-state index contributed by atoms with van der Waals surface area (Å²) < 4.78 is 11.3. The summed E-state index contributed by atoms with van der Waals surface area (Å²) in [6.07, 6.45) is 14.2. The van der Waals surface area contributed by atoms with Gasteiger partial charge in [0.2, 0.25) is 0 Å². The van der Waals surface area contributed by atoms with Crippen molar-refractivity contribution in [2.24, 2.45) is 11.8 Å². The van der Waals surface area contributed by atoms with Crippen LogP contribution in [-0.4, -0.2) is 40.7 Å². The van der Waals surface area contributed by atoms with Gasteiger partial charge in [-0.25, -0.2) is 9.97 Å². The van der Waals surface area contributed by atoms with Gasteiger partial charge in [0.15, 0.2) is 0 Å². The Kier molecular flexibility index (Phi) is 10.6. The first-order chi connectivity index (χ1) is 21.1. The molecule has 0 aliphatic heterocycles. The second kappa shape index (κ2) is 14.4. The van der Waals surface area contributed by atoms with Crippen LogP contribution in [0.15, 0.2) is 18.2 Å². The van der Waals surface area contributed by atoms with Crippen LogP contribution in [-0.2, 0) is 31.9 Å². The van der Waals surface area contributed by atoms with E-state index in [0.717, 1.165) is 48.6 Å². The third-order valence-corrected chi connectivity index (χ3v) is 9.88. The molecule has 7 nitrogen and oxygen atoms in total. The molecule has 0 bridgehead atoms. The number of benzene rings is 1. The molecule has 0 saturated heterocycles. The van der Waals surface area contributed by atoms with Gasteiger partial charge >= 0.3 is 11.9 Å². The van der Waals surface area contributed by atoms with Crippen molar-refractivity contribution in [2.75, 3.05) is 18.5 Å². The van der Waals surface area contributed by atoms with Gasteiger partial charge in [-0.3, -0.25) is 9.59 Å². The molecule has 1 atom stereocenters. The number of nitrogens with zero attached hydrogens (tertiary/aromatic N) is 2. The van der Waals surface area contributed by atoms with E-state index in [4.69, 9.17) is 19.4 Å². The molecule has 7 heteroatoms. The van der Waals surface area contributed by atoms with Gasteiger partial charge < -0.3 is 14.8 Å². The molecule has 2 aromatic rings. The molecule has 0 amide bonds. The summed E-state index contributed by atoms with van der Waals surface area (Å²) in [5, 5.41) is 3.41. The van der Waals surface area contributed by atoms with Gasteiger partial charge in [0, 0.05) is 18.0 Å². The zero-order valence-corrected chi connectivity index (χ0v) is 27.7. The van der Waals surface area contributed by atoms with E-state index in [1.54, 1.807) is 11.1 Å². The third kappa shape index (κ3) is 8.60. The standard InChI is InChI=1S/C37H53N3O4/c1-24-34(29-17-14-28(15-18-29)31-19-16-27-12-8-9-13-30(27)20-31)39-25(2)40-35(24)38-22-32(36(42)44-37(3,4)5)21-33(41)43-23-26-10-6-7-11-26/h16,19-20,26,28-29,32H,6-15,17-18,21-23H2,1-5H3,(H,38,39,40)/t28?,29?,32-/m0/s1. The predicted molar refractivity (Wildman–Crippen MR) is 174 cm³/mol. The fourth-order valence-electron chi connectivity index (χ4n) is 7.42. The third-order valence-electron chi connectivity index (χ3n) is 9.88. The molecule has 5 rings (SSSR count). The molecular formula is C37H53N3O4. The minimum atomic E-state index is -0.671. The number of hydrogen-bond acceptors (Lipinski definition) is 7. The van der Waals surface area contributed by atoms with E-state index in [1.807, 2.05) is 27.7 Å². The minimum absolute atomic E-state index is 0.0166. The van der Waals surface area contributed by atoms with Crippen LogP contribution in [0.3, 0.4) is 0 Å².